The number of carbonyl (C=O) groups is 1. The van der Waals surface area contributed by atoms with E-state index in [2.05, 4.69) is 0 Å². The molecule has 0 aromatic carbocycles. The average Bonchev–Trinajstić information content (AvgIpc) is 2.43. The number of hydrogen-bond donors (Lipinski definition) is 1. The third kappa shape index (κ3) is 6.41. The molecule has 0 amide bonds. The second-order valence-electron chi connectivity index (χ2n) is 5.20. The van der Waals surface area contributed by atoms with Crippen LogP contribution in [0, 0.1) is 5.92 Å². The third-order valence-electron chi connectivity index (χ3n) is 3.70. The molecule has 0 spiro atoms. The van der Waals surface area contributed by atoms with E-state index in [1.165, 1.54) is 7.11 Å². The van der Waals surface area contributed by atoms with Crippen LogP contribution in [0.5, 0.6) is 0 Å². The van der Waals surface area contributed by atoms with Gasteiger partial charge in [0, 0.05) is 20.1 Å². The van der Waals surface area contributed by atoms with Crippen LogP contribution in [-0.4, -0.2) is 69.5 Å². The van der Waals surface area contributed by atoms with Crippen LogP contribution < -0.4 is 34.7 Å². The fraction of sp³-hybridized carbons (Fsp3) is 0.929. The number of rotatable bonds is 9. The summed E-state index contributed by atoms with van der Waals surface area (Å²) in [6, 6.07) is 0. The number of carbonyl (C=O) groups excluding carboxylic acids is 1. The molecule has 1 aliphatic rings. The summed E-state index contributed by atoms with van der Waals surface area (Å²) in [5.74, 6) is -1.45. The number of carboxylic acid groups (broad SMARTS) is 1. The Hall–Kier alpha value is 0.270. The van der Waals surface area contributed by atoms with Gasteiger partial charge in [0.25, 0.3) is 0 Å². The number of hydrogen-bond acceptors (Lipinski definition) is 7. The topological polar surface area (TPSA) is 97.3 Å². The minimum atomic E-state index is -1.28. The van der Waals surface area contributed by atoms with E-state index in [4.69, 9.17) is 18.9 Å². The van der Waals surface area contributed by atoms with Gasteiger partial charge in [0.05, 0.1) is 38.0 Å². The molecule has 1 N–H and O–H groups in total. The molecule has 0 saturated carbocycles. The Balaban J connectivity index is 0.00000441. The largest absolute Gasteiger partial charge is 1.00 e. The normalized spacial score (nSPS) is 31.5. The van der Waals surface area contributed by atoms with E-state index in [0.717, 1.165) is 12.8 Å². The van der Waals surface area contributed by atoms with Gasteiger partial charge in [-0.1, -0.05) is 13.3 Å². The second kappa shape index (κ2) is 11.8. The number of aliphatic hydroxyl groups is 1. The van der Waals surface area contributed by atoms with E-state index in [9.17, 15) is 15.0 Å². The van der Waals surface area contributed by atoms with Crippen LogP contribution in [0.4, 0.5) is 0 Å². The van der Waals surface area contributed by atoms with E-state index in [0.29, 0.717) is 0 Å². The summed E-state index contributed by atoms with van der Waals surface area (Å²) >= 11 is 0. The van der Waals surface area contributed by atoms with E-state index in [1.807, 2.05) is 6.92 Å². The molecule has 7 nitrogen and oxygen atoms in total. The van der Waals surface area contributed by atoms with Gasteiger partial charge in [0.15, 0.2) is 0 Å². The Kier molecular flexibility index (Phi) is 11.9. The first-order chi connectivity index (χ1) is 10.0. The Morgan fingerprint density at radius 1 is 1.27 bits per heavy atom. The van der Waals surface area contributed by atoms with E-state index in [1.54, 1.807) is 7.11 Å². The molecule has 124 valence electrons. The SMILES string of the molecule is CCCC1C(COCC(=O)[O-])OC(COC)C(OC)C1O.[Na+]. The van der Waals surface area contributed by atoms with Gasteiger partial charge < -0.3 is 34.0 Å². The molecule has 0 radical (unpaired) electrons. The molecule has 1 aliphatic heterocycles. The van der Waals surface area contributed by atoms with Gasteiger partial charge in [-0.3, -0.25) is 0 Å². The summed E-state index contributed by atoms with van der Waals surface area (Å²) in [6.07, 6.45) is -0.391. The molecule has 1 rings (SSSR count). The van der Waals surface area contributed by atoms with Crippen molar-refractivity contribution in [1.29, 1.82) is 0 Å². The van der Waals surface area contributed by atoms with Crippen LogP contribution in [0.3, 0.4) is 0 Å². The summed E-state index contributed by atoms with van der Waals surface area (Å²) in [6.45, 7) is 1.89. The summed E-state index contributed by atoms with van der Waals surface area (Å²) < 4.78 is 21.4. The van der Waals surface area contributed by atoms with Crippen molar-refractivity contribution in [1.82, 2.24) is 0 Å². The number of ether oxygens (including phenoxy) is 4. The van der Waals surface area contributed by atoms with Gasteiger partial charge in [0.2, 0.25) is 0 Å². The standard InChI is InChI=1S/C14H26O7.Na/c1-4-5-9-10(7-20-8-12(15)16)21-11(6-18-2)14(19-3)13(9)17;/h9-11,13-14,17H,4-8H2,1-3H3,(H,15,16);/q;+1/p-1. The number of methoxy groups -OCH3 is 2. The van der Waals surface area contributed by atoms with Crippen LogP contribution in [0.25, 0.3) is 0 Å². The average molecular weight is 328 g/mol. The van der Waals surface area contributed by atoms with Crippen molar-refractivity contribution in [3.05, 3.63) is 0 Å². The Morgan fingerprint density at radius 3 is 2.45 bits per heavy atom. The smallest absolute Gasteiger partial charge is 0.548 e. The fourth-order valence-corrected chi connectivity index (χ4v) is 2.79. The zero-order valence-electron chi connectivity index (χ0n) is 13.8. The van der Waals surface area contributed by atoms with Gasteiger partial charge in [-0.2, -0.15) is 0 Å². The third-order valence-corrected chi connectivity index (χ3v) is 3.70. The molecular weight excluding hydrogens is 303 g/mol. The fourth-order valence-electron chi connectivity index (χ4n) is 2.79. The van der Waals surface area contributed by atoms with Gasteiger partial charge in [-0.25, -0.2) is 0 Å². The molecule has 5 unspecified atom stereocenters. The molecule has 0 aromatic heterocycles. The van der Waals surface area contributed by atoms with Crippen molar-refractivity contribution >= 4 is 5.97 Å². The molecule has 0 aromatic rings. The molecule has 8 heteroatoms. The van der Waals surface area contributed by atoms with Crippen LogP contribution >= 0.6 is 0 Å². The summed E-state index contributed by atoms with van der Waals surface area (Å²) in [7, 11) is 3.07. The van der Waals surface area contributed by atoms with Gasteiger partial charge >= 0.3 is 29.6 Å². The van der Waals surface area contributed by atoms with E-state index >= 15 is 0 Å². The van der Waals surface area contributed by atoms with Crippen LogP contribution in [0.2, 0.25) is 0 Å². The Bertz CT molecular complexity index is 316. The monoisotopic (exact) mass is 328 g/mol. The van der Waals surface area contributed by atoms with Crippen LogP contribution in [0.15, 0.2) is 0 Å². The molecule has 5 atom stereocenters. The second-order valence-corrected chi connectivity index (χ2v) is 5.20. The zero-order valence-corrected chi connectivity index (χ0v) is 15.8. The molecule has 1 fully saturated rings. The molecule has 0 aliphatic carbocycles. The first kappa shape index (κ1) is 22.3. The first-order valence-corrected chi connectivity index (χ1v) is 7.17. The van der Waals surface area contributed by atoms with Crippen molar-refractivity contribution in [3.63, 3.8) is 0 Å². The maximum Gasteiger partial charge on any atom is 1.00 e. The number of carboxylic acids is 1. The maximum atomic E-state index is 10.5. The van der Waals surface area contributed by atoms with E-state index in [-0.39, 0.29) is 48.7 Å². The molecule has 1 heterocycles. The van der Waals surface area contributed by atoms with E-state index < -0.39 is 37.0 Å². The van der Waals surface area contributed by atoms with Crippen molar-refractivity contribution in [2.24, 2.45) is 5.92 Å². The quantitative estimate of drug-likeness (QED) is 0.430. The molecule has 1 saturated heterocycles. The minimum absolute atomic E-state index is 0. The zero-order chi connectivity index (χ0) is 15.8. The predicted octanol–water partition coefficient (Wildman–Crippen LogP) is -4.04. The Labute approximate surface area is 153 Å². The van der Waals surface area contributed by atoms with Gasteiger partial charge in [0.1, 0.15) is 12.2 Å². The van der Waals surface area contributed by atoms with Gasteiger partial charge in [-0.15, -0.1) is 0 Å². The summed E-state index contributed by atoms with van der Waals surface area (Å²) in [5, 5.41) is 20.9. The maximum absolute atomic E-state index is 10.5. The minimum Gasteiger partial charge on any atom is -0.548 e. The Morgan fingerprint density at radius 2 is 1.95 bits per heavy atom. The predicted molar refractivity (Wildman–Crippen MR) is 71.6 cm³/mol. The first-order valence-electron chi connectivity index (χ1n) is 7.17. The van der Waals surface area contributed by atoms with Crippen molar-refractivity contribution < 1.29 is 63.5 Å². The van der Waals surface area contributed by atoms with Crippen molar-refractivity contribution in [2.45, 2.75) is 44.2 Å². The van der Waals surface area contributed by atoms with Gasteiger partial charge in [-0.05, 0) is 6.42 Å². The van der Waals surface area contributed by atoms with Crippen LogP contribution in [-0.2, 0) is 23.7 Å². The molecule has 22 heavy (non-hydrogen) atoms. The van der Waals surface area contributed by atoms with Crippen molar-refractivity contribution in [3.8, 4) is 0 Å². The van der Waals surface area contributed by atoms with Crippen molar-refractivity contribution in [2.75, 3.05) is 34.0 Å². The molecule has 0 bridgehead atoms. The van der Waals surface area contributed by atoms with Crippen LogP contribution in [0.1, 0.15) is 19.8 Å². The summed E-state index contributed by atoms with van der Waals surface area (Å²) in [4.78, 5) is 10.4. The molecular formula is C14H25NaO7. The number of aliphatic carboxylic acids is 1. The number of aliphatic hydroxyl groups excluding tert-OH is 1. The summed E-state index contributed by atoms with van der Waals surface area (Å²) in [5.41, 5.74) is 0.